The number of hydrogen-bond acceptors (Lipinski definition) is 3. The molecule has 0 amide bonds. The van der Waals surface area contributed by atoms with E-state index in [1.54, 1.807) is 0 Å². The average Bonchev–Trinajstić information content (AvgIpc) is 2.41. The maximum Gasteiger partial charge on any atom is 0.211 e. The number of benzene rings is 1. The highest BCUT2D eigenvalue weighted by Crippen LogP contribution is 2.31. The summed E-state index contributed by atoms with van der Waals surface area (Å²) in [7, 11) is -3.13. The molecule has 2 rings (SSSR count). The van der Waals surface area contributed by atoms with Gasteiger partial charge >= 0.3 is 0 Å². The van der Waals surface area contributed by atoms with Gasteiger partial charge in [-0.25, -0.2) is 12.7 Å². The Labute approximate surface area is 135 Å². The molecule has 2 unspecified atom stereocenters. The first-order chi connectivity index (χ1) is 9.77. The first-order valence-corrected chi connectivity index (χ1v) is 9.80. The monoisotopic (exact) mass is 375 g/mol. The topological polar surface area (TPSA) is 57.6 Å². The predicted octanol–water partition coefficient (Wildman–Crippen LogP) is 2.85. The minimum absolute atomic E-state index is 0.210. The van der Waals surface area contributed by atoms with Crippen LogP contribution in [0.1, 0.15) is 36.5 Å². The number of sulfonamides is 1. The van der Waals surface area contributed by atoms with Gasteiger partial charge in [0.25, 0.3) is 0 Å². The van der Waals surface area contributed by atoms with Crippen molar-refractivity contribution in [1.29, 1.82) is 0 Å². The predicted molar refractivity (Wildman–Crippen MR) is 87.6 cm³/mol. The Morgan fingerprint density at radius 2 is 2.19 bits per heavy atom. The van der Waals surface area contributed by atoms with Crippen molar-refractivity contribution in [1.82, 2.24) is 4.31 Å². The summed E-state index contributed by atoms with van der Waals surface area (Å²) in [6, 6.07) is 5.88. The van der Waals surface area contributed by atoms with Crippen LogP contribution in [0.5, 0.6) is 0 Å². The third-order valence-corrected chi connectivity index (χ3v) is 5.87. The maximum absolute atomic E-state index is 11.6. The van der Waals surface area contributed by atoms with Gasteiger partial charge in [-0.3, -0.25) is 0 Å². The van der Waals surface area contributed by atoms with Gasteiger partial charge in [-0.1, -0.05) is 22.0 Å². The summed E-state index contributed by atoms with van der Waals surface area (Å²) in [5.74, 6) is 0.210. The van der Waals surface area contributed by atoms with E-state index < -0.39 is 16.1 Å². The lowest BCUT2D eigenvalue weighted by molar-refractivity contribution is 0.122. The second-order valence-corrected chi connectivity index (χ2v) is 8.78. The van der Waals surface area contributed by atoms with Crippen molar-refractivity contribution in [2.45, 2.75) is 32.3 Å². The molecule has 0 bridgehead atoms. The van der Waals surface area contributed by atoms with Crippen LogP contribution in [-0.4, -0.2) is 37.2 Å². The number of piperidine rings is 1. The number of aliphatic hydroxyl groups excluding tert-OH is 1. The Morgan fingerprint density at radius 1 is 1.48 bits per heavy atom. The maximum atomic E-state index is 11.6. The normalized spacial score (nSPS) is 22.2. The van der Waals surface area contributed by atoms with Gasteiger partial charge in [0.2, 0.25) is 10.0 Å². The molecule has 1 aromatic carbocycles. The molecule has 2 atom stereocenters. The van der Waals surface area contributed by atoms with Gasteiger partial charge in [0.15, 0.2) is 0 Å². The Hall–Kier alpha value is -0.430. The van der Waals surface area contributed by atoms with Crippen molar-refractivity contribution < 1.29 is 13.5 Å². The molecule has 0 aromatic heterocycles. The number of hydrogen-bond donors (Lipinski definition) is 1. The average molecular weight is 376 g/mol. The van der Waals surface area contributed by atoms with E-state index in [-0.39, 0.29) is 5.92 Å². The van der Waals surface area contributed by atoms with E-state index in [9.17, 15) is 13.5 Å². The number of rotatable bonds is 4. The lowest BCUT2D eigenvalue weighted by Crippen LogP contribution is -2.39. The first-order valence-electron chi connectivity index (χ1n) is 7.16. The zero-order valence-corrected chi connectivity index (χ0v) is 14.8. The third-order valence-electron chi connectivity index (χ3n) is 4.11. The van der Waals surface area contributed by atoms with E-state index in [0.29, 0.717) is 19.5 Å². The van der Waals surface area contributed by atoms with E-state index in [1.165, 1.54) is 10.6 Å². The van der Waals surface area contributed by atoms with Crippen LogP contribution in [0.4, 0.5) is 0 Å². The fraction of sp³-hybridized carbons (Fsp3) is 0.600. The second-order valence-electron chi connectivity index (χ2n) is 5.88. The van der Waals surface area contributed by atoms with Crippen molar-refractivity contribution in [3.8, 4) is 0 Å². The summed E-state index contributed by atoms with van der Waals surface area (Å²) < 4.78 is 25.8. The molecule has 1 aromatic rings. The zero-order valence-electron chi connectivity index (χ0n) is 12.4. The van der Waals surface area contributed by atoms with Crippen molar-refractivity contribution >= 4 is 26.0 Å². The van der Waals surface area contributed by atoms with Crippen LogP contribution < -0.4 is 0 Å². The highest BCUT2D eigenvalue weighted by Gasteiger charge is 2.27. The molecular weight excluding hydrogens is 354 g/mol. The van der Waals surface area contributed by atoms with Gasteiger partial charge in [-0.15, -0.1) is 0 Å². The van der Waals surface area contributed by atoms with Crippen LogP contribution >= 0.6 is 15.9 Å². The number of halogens is 1. The standard InChI is InChI=1S/C15H22BrNO3S/c1-11-5-6-13(16)9-14(11)15(18)8-12-4-3-7-17(10-12)21(2,19)20/h5-6,9,12,15,18H,3-4,7-8,10H2,1-2H3. The lowest BCUT2D eigenvalue weighted by Gasteiger charge is -2.32. The van der Waals surface area contributed by atoms with Crippen LogP contribution in [0.3, 0.4) is 0 Å². The van der Waals surface area contributed by atoms with E-state index in [2.05, 4.69) is 15.9 Å². The second kappa shape index (κ2) is 6.77. The van der Waals surface area contributed by atoms with Gasteiger partial charge in [0.05, 0.1) is 12.4 Å². The molecule has 6 heteroatoms. The molecule has 1 aliphatic heterocycles. The Kier molecular flexibility index (Phi) is 5.46. The zero-order chi connectivity index (χ0) is 15.6. The molecule has 0 radical (unpaired) electrons. The van der Waals surface area contributed by atoms with Crippen LogP contribution in [0.25, 0.3) is 0 Å². The molecule has 0 saturated carbocycles. The Balaban J connectivity index is 2.05. The summed E-state index contributed by atoms with van der Waals surface area (Å²) in [6.45, 7) is 3.10. The van der Waals surface area contributed by atoms with Gasteiger partial charge in [0, 0.05) is 17.6 Å². The van der Waals surface area contributed by atoms with E-state index >= 15 is 0 Å². The molecule has 0 aliphatic carbocycles. The molecule has 1 aliphatic rings. The highest BCUT2D eigenvalue weighted by atomic mass is 79.9. The Morgan fingerprint density at radius 3 is 2.86 bits per heavy atom. The van der Waals surface area contributed by atoms with Gasteiger partial charge in [-0.2, -0.15) is 0 Å². The minimum Gasteiger partial charge on any atom is -0.388 e. The molecule has 1 N–H and O–H groups in total. The number of nitrogens with zero attached hydrogens (tertiary/aromatic N) is 1. The third kappa shape index (κ3) is 4.52. The van der Waals surface area contributed by atoms with Gasteiger partial charge in [0.1, 0.15) is 0 Å². The lowest BCUT2D eigenvalue weighted by atomic mass is 9.90. The smallest absolute Gasteiger partial charge is 0.211 e. The van der Waals surface area contributed by atoms with E-state index in [1.807, 2.05) is 25.1 Å². The molecule has 0 spiro atoms. The molecular formula is C15H22BrNO3S. The summed E-state index contributed by atoms with van der Waals surface area (Å²) in [5.41, 5.74) is 1.97. The van der Waals surface area contributed by atoms with Gasteiger partial charge < -0.3 is 5.11 Å². The molecule has 21 heavy (non-hydrogen) atoms. The fourth-order valence-electron chi connectivity index (χ4n) is 2.93. The van der Waals surface area contributed by atoms with Crippen molar-refractivity contribution in [2.24, 2.45) is 5.92 Å². The summed E-state index contributed by atoms with van der Waals surface area (Å²) in [4.78, 5) is 0. The molecule has 4 nitrogen and oxygen atoms in total. The first kappa shape index (κ1) is 16.9. The van der Waals surface area contributed by atoms with E-state index in [4.69, 9.17) is 0 Å². The SMILES string of the molecule is Cc1ccc(Br)cc1C(O)CC1CCCN(S(C)(=O)=O)C1. The van der Waals surface area contributed by atoms with Gasteiger partial charge in [-0.05, 0) is 55.4 Å². The highest BCUT2D eigenvalue weighted by molar-refractivity contribution is 9.10. The molecule has 1 fully saturated rings. The number of aryl methyl sites for hydroxylation is 1. The van der Waals surface area contributed by atoms with Crippen molar-refractivity contribution in [2.75, 3.05) is 19.3 Å². The Bertz CT molecular complexity index is 603. The van der Waals surface area contributed by atoms with Crippen LogP contribution in [0.2, 0.25) is 0 Å². The van der Waals surface area contributed by atoms with Crippen molar-refractivity contribution in [3.05, 3.63) is 33.8 Å². The van der Waals surface area contributed by atoms with E-state index in [0.717, 1.165) is 28.4 Å². The summed E-state index contributed by atoms with van der Waals surface area (Å²) in [5, 5.41) is 10.5. The van der Waals surface area contributed by atoms with Crippen LogP contribution in [-0.2, 0) is 10.0 Å². The summed E-state index contributed by atoms with van der Waals surface area (Å²) in [6.07, 6.45) is 3.14. The number of aliphatic hydroxyl groups is 1. The molecule has 118 valence electrons. The largest absolute Gasteiger partial charge is 0.388 e. The fourth-order valence-corrected chi connectivity index (χ4v) is 4.25. The van der Waals surface area contributed by atoms with Crippen LogP contribution in [0, 0.1) is 12.8 Å². The molecule has 1 heterocycles. The van der Waals surface area contributed by atoms with Crippen molar-refractivity contribution in [3.63, 3.8) is 0 Å². The quantitative estimate of drug-likeness (QED) is 0.879. The summed E-state index contributed by atoms with van der Waals surface area (Å²) >= 11 is 3.43. The molecule has 1 saturated heterocycles. The van der Waals surface area contributed by atoms with Crippen LogP contribution in [0.15, 0.2) is 22.7 Å². The minimum atomic E-state index is -3.13.